The predicted octanol–water partition coefficient (Wildman–Crippen LogP) is 3.30. The van der Waals surface area contributed by atoms with Gasteiger partial charge in [-0.25, -0.2) is 9.78 Å². The Balaban J connectivity index is 2.11. The number of aromatic nitrogens is 1. The molecule has 18 heavy (non-hydrogen) atoms. The van der Waals surface area contributed by atoms with Crippen LogP contribution in [0.25, 0.3) is 0 Å². The minimum absolute atomic E-state index is 0.391. The van der Waals surface area contributed by atoms with E-state index >= 15 is 0 Å². The van der Waals surface area contributed by atoms with Crippen LogP contribution in [0.4, 0.5) is 5.82 Å². The molecule has 0 saturated heterocycles. The zero-order valence-corrected chi connectivity index (χ0v) is 12.0. The van der Waals surface area contributed by atoms with Gasteiger partial charge >= 0.3 is 5.97 Å². The van der Waals surface area contributed by atoms with Crippen molar-refractivity contribution in [1.29, 1.82) is 0 Å². The first kappa shape index (κ1) is 13.0. The van der Waals surface area contributed by atoms with Crippen LogP contribution in [0, 0.1) is 0 Å². The zero-order valence-electron chi connectivity index (χ0n) is 9.64. The van der Waals surface area contributed by atoms with Gasteiger partial charge in [0, 0.05) is 20.9 Å². The lowest BCUT2D eigenvalue weighted by atomic mass is 10.2. The molecule has 2 heterocycles. The molecule has 0 saturated carbocycles. The second-order valence-corrected chi connectivity index (χ2v) is 5.39. The molecule has 0 spiro atoms. The third kappa shape index (κ3) is 3.08. The number of carbonyl (C=O) groups is 1. The van der Waals surface area contributed by atoms with E-state index < -0.39 is 5.97 Å². The van der Waals surface area contributed by atoms with Crippen LogP contribution in [0.2, 0.25) is 0 Å². The third-order valence-corrected chi connectivity index (χ3v) is 3.96. The first-order chi connectivity index (χ1) is 8.70. The monoisotopic (exact) mass is 326 g/mol. The van der Waals surface area contributed by atoms with Crippen LogP contribution in [0.1, 0.15) is 15.2 Å². The number of nitrogens with zero attached hydrogens (tertiary/aromatic N) is 1. The van der Waals surface area contributed by atoms with Crippen molar-refractivity contribution in [2.45, 2.75) is 6.54 Å². The van der Waals surface area contributed by atoms with Crippen molar-refractivity contribution in [2.75, 3.05) is 12.4 Å². The molecule has 0 amide bonds. The van der Waals surface area contributed by atoms with E-state index in [1.165, 1.54) is 7.11 Å². The van der Waals surface area contributed by atoms with Crippen LogP contribution in [-0.2, 0) is 11.3 Å². The van der Waals surface area contributed by atoms with Crippen LogP contribution in [0.3, 0.4) is 0 Å². The van der Waals surface area contributed by atoms with Crippen LogP contribution in [-0.4, -0.2) is 18.1 Å². The summed E-state index contributed by atoms with van der Waals surface area (Å²) in [7, 11) is 1.36. The molecule has 2 rings (SSSR count). The van der Waals surface area contributed by atoms with Gasteiger partial charge in [0.15, 0.2) is 0 Å². The summed E-state index contributed by atoms with van der Waals surface area (Å²) in [5.41, 5.74) is 0.440. The highest BCUT2D eigenvalue weighted by Crippen LogP contribution is 2.21. The van der Waals surface area contributed by atoms with E-state index in [1.807, 2.05) is 11.4 Å². The largest absolute Gasteiger partial charge is 0.465 e. The number of methoxy groups -OCH3 is 1. The van der Waals surface area contributed by atoms with Crippen molar-refractivity contribution in [2.24, 2.45) is 0 Å². The number of hydrogen-bond donors (Lipinski definition) is 1. The Kier molecular flexibility index (Phi) is 4.33. The molecular weight excluding hydrogens is 316 g/mol. The fourth-order valence-corrected chi connectivity index (χ4v) is 2.83. The third-order valence-electron chi connectivity index (χ3n) is 2.26. The van der Waals surface area contributed by atoms with Crippen LogP contribution in [0.5, 0.6) is 0 Å². The van der Waals surface area contributed by atoms with Gasteiger partial charge in [-0.1, -0.05) is 0 Å². The van der Waals surface area contributed by atoms with E-state index in [9.17, 15) is 4.79 Å². The van der Waals surface area contributed by atoms with Crippen molar-refractivity contribution in [1.82, 2.24) is 4.98 Å². The number of thiophene rings is 1. The van der Waals surface area contributed by atoms with Crippen molar-refractivity contribution in [3.05, 3.63) is 44.7 Å². The number of hydrogen-bond acceptors (Lipinski definition) is 5. The van der Waals surface area contributed by atoms with Crippen molar-refractivity contribution in [3.8, 4) is 0 Å². The minimum atomic E-state index is -0.391. The Hall–Kier alpha value is -1.40. The fourth-order valence-electron chi connectivity index (χ4n) is 1.44. The summed E-state index contributed by atoms with van der Waals surface area (Å²) in [4.78, 5) is 16.8. The fraction of sp³-hybridized carbons (Fsp3) is 0.167. The molecule has 0 unspecified atom stereocenters. The van der Waals surface area contributed by atoms with Gasteiger partial charge in [-0.3, -0.25) is 0 Å². The van der Waals surface area contributed by atoms with Crippen LogP contribution >= 0.6 is 27.3 Å². The van der Waals surface area contributed by atoms with E-state index in [1.54, 1.807) is 29.7 Å². The lowest BCUT2D eigenvalue weighted by Crippen LogP contribution is -2.09. The summed E-state index contributed by atoms with van der Waals surface area (Å²) in [5.74, 6) is 0.145. The van der Waals surface area contributed by atoms with E-state index in [-0.39, 0.29) is 0 Å². The van der Waals surface area contributed by atoms with Gasteiger partial charge in [0.1, 0.15) is 11.4 Å². The Morgan fingerprint density at radius 2 is 2.44 bits per heavy atom. The number of nitrogens with one attached hydrogen (secondary N) is 1. The average Bonchev–Trinajstić information content (AvgIpc) is 2.81. The van der Waals surface area contributed by atoms with Gasteiger partial charge in [0.2, 0.25) is 0 Å². The first-order valence-corrected chi connectivity index (χ1v) is 6.88. The summed E-state index contributed by atoms with van der Waals surface area (Å²) in [6.45, 7) is 0.622. The highest BCUT2D eigenvalue weighted by molar-refractivity contribution is 9.10. The highest BCUT2D eigenvalue weighted by atomic mass is 79.9. The minimum Gasteiger partial charge on any atom is -0.465 e. The lowest BCUT2D eigenvalue weighted by Gasteiger charge is -2.08. The Morgan fingerprint density at radius 1 is 1.61 bits per heavy atom. The molecule has 1 N–H and O–H groups in total. The SMILES string of the molecule is COC(=O)c1cccnc1NCc1cc(Br)cs1. The van der Waals surface area contributed by atoms with Gasteiger partial charge in [-0.2, -0.15) is 0 Å². The number of halogens is 1. The molecule has 0 aliphatic carbocycles. The maximum atomic E-state index is 11.5. The molecule has 6 heteroatoms. The van der Waals surface area contributed by atoms with Crippen LogP contribution in [0.15, 0.2) is 34.2 Å². The van der Waals surface area contributed by atoms with E-state index in [2.05, 4.69) is 26.2 Å². The molecule has 0 radical (unpaired) electrons. The number of pyridine rings is 1. The molecule has 0 aliphatic rings. The van der Waals surface area contributed by atoms with Gasteiger partial charge in [0.25, 0.3) is 0 Å². The van der Waals surface area contributed by atoms with Crippen molar-refractivity contribution in [3.63, 3.8) is 0 Å². The summed E-state index contributed by atoms with van der Waals surface area (Å²) >= 11 is 5.04. The molecule has 0 fully saturated rings. The number of ether oxygens (including phenoxy) is 1. The smallest absolute Gasteiger partial charge is 0.341 e. The van der Waals surface area contributed by atoms with E-state index in [0.717, 1.165) is 9.35 Å². The van der Waals surface area contributed by atoms with Gasteiger partial charge in [0.05, 0.1) is 13.7 Å². The Bertz CT molecular complexity index is 557. The highest BCUT2D eigenvalue weighted by Gasteiger charge is 2.12. The molecule has 0 aliphatic heterocycles. The topological polar surface area (TPSA) is 51.2 Å². The molecule has 0 aromatic carbocycles. The van der Waals surface area contributed by atoms with Crippen molar-refractivity contribution < 1.29 is 9.53 Å². The molecule has 0 bridgehead atoms. The molecule has 2 aromatic heterocycles. The Labute approximate surface area is 117 Å². The lowest BCUT2D eigenvalue weighted by molar-refractivity contribution is 0.0601. The zero-order chi connectivity index (χ0) is 13.0. The van der Waals surface area contributed by atoms with Crippen molar-refractivity contribution >= 4 is 39.1 Å². The molecule has 4 nitrogen and oxygen atoms in total. The normalized spacial score (nSPS) is 10.1. The standard InChI is InChI=1S/C12H11BrN2O2S/c1-17-12(16)10-3-2-4-14-11(10)15-6-9-5-8(13)7-18-9/h2-5,7H,6H2,1H3,(H,14,15). The summed E-state index contributed by atoms with van der Waals surface area (Å²) in [5, 5.41) is 5.15. The average molecular weight is 327 g/mol. The number of anilines is 1. The summed E-state index contributed by atoms with van der Waals surface area (Å²) < 4.78 is 5.76. The number of rotatable bonds is 4. The number of carbonyl (C=O) groups excluding carboxylic acids is 1. The predicted molar refractivity (Wildman–Crippen MR) is 74.9 cm³/mol. The maximum absolute atomic E-state index is 11.5. The first-order valence-electron chi connectivity index (χ1n) is 5.21. The summed E-state index contributed by atoms with van der Waals surface area (Å²) in [6.07, 6.45) is 1.64. The van der Waals surface area contributed by atoms with Crippen LogP contribution < -0.4 is 5.32 Å². The molecule has 0 atom stereocenters. The summed E-state index contributed by atoms with van der Waals surface area (Å²) in [6, 6.07) is 5.42. The molecule has 94 valence electrons. The van der Waals surface area contributed by atoms with Gasteiger partial charge < -0.3 is 10.1 Å². The van der Waals surface area contributed by atoms with E-state index in [4.69, 9.17) is 4.74 Å². The second-order valence-electron chi connectivity index (χ2n) is 3.48. The number of esters is 1. The maximum Gasteiger partial charge on any atom is 0.341 e. The Morgan fingerprint density at radius 3 is 3.11 bits per heavy atom. The quantitative estimate of drug-likeness (QED) is 0.876. The van der Waals surface area contributed by atoms with Gasteiger partial charge in [-0.05, 0) is 34.1 Å². The van der Waals surface area contributed by atoms with Gasteiger partial charge in [-0.15, -0.1) is 11.3 Å². The second kappa shape index (κ2) is 5.97. The molecule has 2 aromatic rings. The van der Waals surface area contributed by atoms with E-state index in [0.29, 0.717) is 17.9 Å². The molecular formula is C12H11BrN2O2S.